The molecule has 0 saturated carbocycles. The fourth-order valence-corrected chi connectivity index (χ4v) is 2.72. The Morgan fingerprint density at radius 2 is 2.00 bits per heavy atom. The van der Waals surface area contributed by atoms with Crippen molar-refractivity contribution in [1.82, 2.24) is 9.97 Å². The van der Waals surface area contributed by atoms with Crippen molar-refractivity contribution in [2.45, 2.75) is 6.92 Å². The topological polar surface area (TPSA) is 89.5 Å². The summed E-state index contributed by atoms with van der Waals surface area (Å²) in [7, 11) is 0. The van der Waals surface area contributed by atoms with Crippen molar-refractivity contribution < 1.29 is 10.2 Å². The van der Waals surface area contributed by atoms with Gasteiger partial charge in [0.15, 0.2) is 0 Å². The predicted octanol–water partition coefficient (Wildman–Crippen LogP) is 2.11. The van der Waals surface area contributed by atoms with Crippen LogP contribution in [-0.4, -0.2) is 39.9 Å². The van der Waals surface area contributed by atoms with Gasteiger partial charge in [-0.2, -0.15) is 0 Å². The fourth-order valence-electron chi connectivity index (χ4n) is 2.72. The monoisotopic (exact) mass is 325 g/mol. The van der Waals surface area contributed by atoms with Crippen molar-refractivity contribution in [2.75, 3.05) is 24.6 Å². The number of aliphatic hydroxyl groups excluding tert-OH is 1. The van der Waals surface area contributed by atoms with Crippen molar-refractivity contribution >= 4 is 16.6 Å². The average Bonchev–Trinajstić information content (AvgIpc) is 2.59. The lowest BCUT2D eigenvalue weighted by Crippen LogP contribution is -2.25. The van der Waals surface area contributed by atoms with E-state index in [9.17, 15) is 9.90 Å². The van der Waals surface area contributed by atoms with Crippen LogP contribution in [0.15, 0.2) is 47.3 Å². The number of benzene rings is 2. The normalized spacial score (nSPS) is 10.9. The van der Waals surface area contributed by atoms with E-state index in [2.05, 4.69) is 9.97 Å². The first kappa shape index (κ1) is 16.0. The predicted molar refractivity (Wildman–Crippen MR) is 94.4 cm³/mol. The van der Waals surface area contributed by atoms with E-state index in [0.29, 0.717) is 35.4 Å². The molecule has 0 bridgehead atoms. The first-order chi connectivity index (χ1) is 11.6. The number of aliphatic hydroxyl groups is 1. The Labute approximate surface area is 139 Å². The van der Waals surface area contributed by atoms with Crippen LogP contribution >= 0.6 is 0 Å². The van der Waals surface area contributed by atoms with Gasteiger partial charge in [0.1, 0.15) is 11.6 Å². The number of nitrogens with one attached hydrogen (secondary N) is 1. The molecule has 6 nitrogen and oxygen atoms in total. The van der Waals surface area contributed by atoms with Gasteiger partial charge in [-0.15, -0.1) is 0 Å². The lowest BCUT2D eigenvalue weighted by molar-refractivity contribution is 0.302. The molecule has 3 aromatic rings. The second kappa shape index (κ2) is 6.72. The standard InChI is InChI=1S/C18H19N3O3/c1-2-21(9-10-22)12-7-8-14(16(23)11-12)17-19-15-6-4-3-5-13(15)18(24)20-17/h3-8,11,22-23H,2,9-10H2,1H3,(H,19,20,24). The van der Waals surface area contributed by atoms with Gasteiger partial charge < -0.3 is 20.1 Å². The van der Waals surface area contributed by atoms with Gasteiger partial charge in [-0.25, -0.2) is 4.98 Å². The van der Waals surface area contributed by atoms with E-state index in [1.54, 1.807) is 30.3 Å². The Morgan fingerprint density at radius 1 is 1.21 bits per heavy atom. The van der Waals surface area contributed by atoms with Gasteiger partial charge in [-0.05, 0) is 31.2 Å². The zero-order valence-corrected chi connectivity index (χ0v) is 13.4. The maximum Gasteiger partial charge on any atom is 0.259 e. The average molecular weight is 325 g/mol. The zero-order valence-electron chi connectivity index (χ0n) is 13.4. The molecule has 0 aliphatic heterocycles. The minimum absolute atomic E-state index is 0.0299. The van der Waals surface area contributed by atoms with Crippen LogP contribution in [0.3, 0.4) is 0 Å². The number of aromatic nitrogens is 2. The summed E-state index contributed by atoms with van der Waals surface area (Å²) in [6.07, 6.45) is 0. The van der Waals surface area contributed by atoms with Crippen LogP contribution in [0, 0.1) is 0 Å². The Balaban J connectivity index is 2.05. The highest BCUT2D eigenvalue weighted by atomic mass is 16.3. The third kappa shape index (κ3) is 2.96. The number of hydrogen-bond donors (Lipinski definition) is 3. The van der Waals surface area contributed by atoms with E-state index in [1.807, 2.05) is 24.0 Å². The number of phenols is 1. The number of para-hydroxylation sites is 1. The van der Waals surface area contributed by atoms with E-state index in [4.69, 9.17) is 5.11 Å². The third-order valence-corrected chi connectivity index (χ3v) is 3.97. The molecule has 6 heteroatoms. The smallest absolute Gasteiger partial charge is 0.259 e. The van der Waals surface area contributed by atoms with Crippen LogP contribution in [-0.2, 0) is 0 Å². The Bertz CT molecular complexity index is 921. The Kier molecular flexibility index (Phi) is 4.48. The van der Waals surface area contributed by atoms with Crippen LogP contribution in [0.25, 0.3) is 22.3 Å². The molecule has 0 spiro atoms. The summed E-state index contributed by atoms with van der Waals surface area (Å²) < 4.78 is 0. The molecule has 0 unspecified atom stereocenters. The molecule has 0 radical (unpaired) electrons. The van der Waals surface area contributed by atoms with E-state index < -0.39 is 0 Å². The lowest BCUT2D eigenvalue weighted by atomic mass is 10.1. The Hall–Kier alpha value is -2.86. The molecule has 24 heavy (non-hydrogen) atoms. The van der Waals surface area contributed by atoms with E-state index in [0.717, 1.165) is 5.69 Å². The summed E-state index contributed by atoms with van der Waals surface area (Å²) in [4.78, 5) is 21.3. The number of aromatic amines is 1. The van der Waals surface area contributed by atoms with Crippen LogP contribution in [0.4, 0.5) is 5.69 Å². The molecule has 1 heterocycles. The van der Waals surface area contributed by atoms with Crippen LogP contribution in [0.5, 0.6) is 5.75 Å². The number of phenolic OH excluding ortho intramolecular Hbond substituents is 1. The van der Waals surface area contributed by atoms with Gasteiger partial charge in [0.05, 0.1) is 23.1 Å². The molecule has 3 N–H and O–H groups in total. The van der Waals surface area contributed by atoms with Gasteiger partial charge in [0.2, 0.25) is 0 Å². The van der Waals surface area contributed by atoms with Crippen molar-refractivity contribution in [1.29, 1.82) is 0 Å². The van der Waals surface area contributed by atoms with Crippen LogP contribution in [0.2, 0.25) is 0 Å². The SMILES string of the molecule is CCN(CCO)c1ccc(-c2nc3ccccc3c(=O)[nH]2)c(O)c1. The largest absolute Gasteiger partial charge is 0.507 e. The molecule has 3 rings (SSSR count). The number of aromatic hydroxyl groups is 1. The highest BCUT2D eigenvalue weighted by Gasteiger charge is 2.12. The molecule has 1 aromatic heterocycles. The quantitative estimate of drug-likeness (QED) is 0.668. The number of rotatable bonds is 5. The second-order valence-corrected chi connectivity index (χ2v) is 5.44. The summed E-state index contributed by atoms with van der Waals surface area (Å²) >= 11 is 0. The van der Waals surface area contributed by atoms with E-state index in [1.165, 1.54) is 0 Å². The summed E-state index contributed by atoms with van der Waals surface area (Å²) in [5, 5.41) is 20.0. The maximum absolute atomic E-state index is 12.2. The molecule has 0 aliphatic carbocycles. The first-order valence-corrected chi connectivity index (χ1v) is 7.82. The number of likely N-dealkylation sites (N-methyl/N-ethyl adjacent to an activating group) is 1. The number of fused-ring (bicyclic) bond motifs is 1. The van der Waals surface area contributed by atoms with Crippen molar-refractivity contribution in [3.63, 3.8) is 0 Å². The summed E-state index contributed by atoms with van der Waals surface area (Å²) in [6.45, 7) is 3.21. The number of nitrogens with zero attached hydrogens (tertiary/aromatic N) is 2. The molecule has 2 aromatic carbocycles. The van der Waals surface area contributed by atoms with Crippen LogP contribution in [0.1, 0.15) is 6.92 Å². The Morgan fingerprint density at radius 3 is 2.71 bits per heavy atom. The molecule has 0 amide bonds. The molecule has 124 valence electrons. The summed E-state index contributed by atoms with van der Waals surface area (Å²) in [6, 6.07) is 12.2. The highest BCUT2D eigenvalue weighted by Crippen LogP contribution is 2.31. The minimum Gasteiger partial charge on any atom is -0.507 e. The molecular weight excluding hydrogens is 306 g/mol. The lowest BCUT2D eigenvalue weighted by Gasteiger charge is -2.22. The molecule has 0 saturated heterocycles. The van der Waals surface area contributed by atoms with Crippen molar-refractivity contribution in [3.05, 3.63) is 52.8 Å². The van der Waals surface area contributed by atoms with Gasteiger partial charge in [-0.3, -0.25) is 4.79 Å². The van der Waals surface area contributed by atoms with Gasteiger partial charge in [0.25, 0.3) is 5.56 Å². The maximum atomic E-state index is 12.2. The number of anilines is 1. The van der Waals surface area contributed by atoms with Gasteiger partial charge in [0, 0.05) is 24.8 Å². The minimum atomic E-state index is -0.241. The molecular formula is C18H19N3O3. The summed E-state index contributed by atoms with van der Waals surface area (Å²) in [5.41, 5.74) is 1.60. The molecule has 0 atom stereocenters. The first-order valence-electron chi connectivity index (χ1n) is 7.82. The number of H-pyrrole nitrogens is 1. The van der Waals surface area contributed by atoms with Crippen molar-refractivity contribution in [3.8, 4) is 17.1 Å². The van der Waals surface area contributed by atoms with E-state index >= 15 is 0 Å². The highest BCUT2D eigenvalue weighted by molar-refractivity contribution is 5.80. The van der Waals surface area contributed by atoms with Crippen LogP contribution < -0.4 is 10.5 Å². The fraction of sp³-hybridized carbons (Fsp3) is 0.222. The van der Waals surface area contributed by atoms with Gasteiger partial charge >= 0.3 is 0 Å². The number of hydrogen-bond acceptors (Lipinski definition) is 5. The summed E-state index contributed by atoms with van der Waals surface area (Å²) in [5.74, 6) is 0.357. The zero-order chi connectivity index (χ0) is 17.1. The third-order valence-electron chi connectivity index (χ3n) is 3.97. The molecule has 0 aliphatic rings. The van der Waals surface area contributed by atoms with E-state index in [-0.39, 0.29) is 17.9 Å². The van der Waals surface area contributed by atoms with Gasteiger partial charge in [-0.1, -0.05) is 12.1 Å². The molecule has 0 fully saturated rings. The van der Waals surface area contributed by atoms with Crippen molar-refractivity contribution in [2.24, 2.45) is 0 Å². The second-order valence-electron chi connectivity index (χ2n) is 5.44.